The molecule has 0 saturated heterocycles. The molecule has 0 spiro atoms. The average Bonchev–Trinajstić information content (AvgIpc) is 2.63. The quantitative estimate of drug-likeness (QED) is 0.177. The second-order valence-electron chi connectivity index (χ2n) is 7.54. The van der Waals surface area contributed by atoms with E-state index in [9.17, 15) is 9.59 Å². The molecule has 27 heavy (non-hydrogen) atoms. The van der Waals surface area contributed by atoms with Crippen molar-refractivity contribution in [2.75, 3.05) is 13.2 Å². The fourth-order valence-electron chi connectivity index (χ4n) is 2.92. The molecule has 0 aromatic heterocycles. The highest BCUT2D eigenvalue weighted by atomic mass is 16.5. The van der Waals surface area contributed by atoms with Crippen LogP contribution in [0.3, 0.4) is 0 Å². The van der Waals surface area contributed by atoms with Crippen LogP contribution in [-0.2, 0) is 19.1 Å². The molecule has 0 aliphatic carbocycles. The summed E-state index contributed by atoms with van der Waals surface area (Å²) in [6.45, 7) is 11.0. The first-order valence-electron chi connectivity index (χ1n) is 11.1. The van der Waals surface area contributed by atoms with E-state index in [1.807, 2.05) is 13.8 Å². The predicted molar refractivity (Wildman–Crippen MR) is 112 cm³/mol. The highest BCUT2D eigenvalue weighted by molar-refractivity contribution is 6.00. The molecule has 0 aliphatic heterocycles. The number of unbranched alkanes of at least 4 members (excludes halogenated alkanes) is 7. The molecule has 0 heterocycles. The van der Waals surface area contributed by atoms with E-state index in [1.165, 1.54) is 25.7 Å². The molecule has 0 bridgehead atoms. The van der Waals surface area contributed by atoms with Crippen LogP contribution in [0.25, 0.3) is 0 Å². The molecule has 158 valence electrons. The summed E-state index contributed by atoms with van der Waals surface area (Å²) < 4.78 is 10.9. The highest BCUT2D eigenvalue weighted by Crippen LogP contribution is 2.24. The van der Waals surface area contributed by atoms with Crippen LogP contribution in [0, 0.1) is 5.92 Å². The number of ether oxygens (including phenoxy) is 2. The molecule has 0 aliphatic rings. The minimum atomic E-state index is -0.355. The summed E-state index contributed by atoms with van der Waals surface area (Å²) in [6.07, 6.45) is 11.1. The predicted octanol–water partition coefficient (Wildman–Crippen LogP) is 6.38. The normalized spacial score (nSPS) is 12.1. The van der Waals surface area contributed by atoms with Crippen LogP contribution in [0.1, 0.15) is 105 Å². The minimum Gasteiger partial charge on any atom is -0.462 e. The van der Waals surface area contributed by atoms with Crippen LogP contribution in [0.4, 0.5) is 0 Å². The van der Waals surface area contributed by atoms with E-state index >= 15 is 0 Å². The van der Waals surface area contributed by atoms with Gasteiger partial charge in [-0.2, -0.15) is 0 Å². The average molecular weight is 383 g/mol. The van der Waals surface area contributed by atoms with Crippen molar-refractivity contribution in [2.45, 2.75) is 105 Å². The van der Waals surface area contributed by atoms with Crippen LogP contribution in [0.15, 0.2) is 11.1 Å². The maximum atomic E-state index is 12.7. The van der Waals surface area contributed by atoms with Crippen molar-refractivity contribution in [3.8, 4) is 0 Å². The number of carbonyl (C=O) groups is 2. The Balaban J connectivity index is 5.15. The Morgan fingerprint density at radius 1 is 0.667 bits per heavy atom. The van der Waals surface area contributed by atoms with Crippen molar-refractivity contribution in [1.29, 1.82) is 0 Å². The van der Waals surface area contributed by atoms with Crippen molar-refractivity contribution < 1.29 is 19.1 Å². The number of hydrogen-bond donors (Lipinski definition) is 0. The molecule has 0 atom stereocenters. The SMILES string of the molecule is CCCCCCCC/C(C(=O)OCCCC)=C(/C(=O)OCCCC)C(C)C. The van der Waals surface area contributed by atoms with E-state index in [1.54, 1.807) is 0 Å². The van der Waals surface area contributed by atoms with Gasteiger partial charge >= 0.3 is 11.9 Å². The standard InChI is InChI=1S/C23H42O4/c1-6-9-12-13-14-15-16-20(22(24)26-17-10-7-2)21(19(4)5)23(25)27-18-11-8-3/h19H,6-18H2,1-5H3/b21-20-. The van der Waals surface area contributed by atoms with Gasteiger partial charge in [-0.3, -0.25) is 0 Å². The third-order valence-electron chi connectivity index (χ3n) is 4.61. The van der Waals surface area contributed by atoms with Crippen molar-refractivity contribution in [2.24, 2.45) is 5.92 Å². The Morgan fingerprint density at radius 2 is 1.15 bits per heavy atom. The van der Waals surface area contributed by atoms with Gasteiger partial charge < -0.3 is 9.47 Å². The lowest BCUT2D eigenvalue weighted by atomic mass is 9.93. The molecular weight excluding hydrogens is 340 g/mol. The summed E-state index contributed by atoms with van der Waals surface area (Å²) in [7, 11) is 0. The van der Waals surface area contributed by atoms with Gasteiger partial charge in [0.25, 0.3) is 0 Å². The van der Waals surface area contributed by atoms with Crippen molar-refractivity contribution in [1.82, 2.24) is 0 Å². The molecular formula is C23H42O4. The topological polar surface area (TPSA) is 52.6 Å². The Labute approximate surface area is 167 Å². The van der Waals surface area contributed by atoms with Crippen molar-refractivity contribution >= 4 is 11.9 Å². The van der Waals surface area contributed by atoms with E-state index in [0.717, 1.165) is 38.5 Å². The third-order valence-corrected chi connectivity index (χ3v) is 4.61. The molecule has 0 fully saturated rings. The van der Waals surface area contributed by atoms with Gasteiger partial charge in [0.2, 0.25) is 0 Å². The third kappa shape index (κ3) is 11.9. The number of carbonyl (C=O) groups excluding carboxylic acids is 2. The van der Waals surface area contributed by atoms with E-state index in [4.69, 9.17) is 9.47 Å². The van der Waals surface area contributed by atoms with Gasteiger partial charge in [0.1, 0.15) is 0 Å². The summed E-state index contributed by atoms with van der Waals surface area (Å²) >= 11 is 0. The second-order valence-corrected chi connectivity index (χ2v) is 7.54. The lowest BCUT2D eigenvalue weighted by molar-refractivity contribution is -0.143. The zero-order valence-corrected chi connectivity index (χ0v) is 18.4. The summed E-state index contributed by atoms with van der Waals surface area (Å²) in [5, 5.41) is 0. The van der Waals surface area contributed by atoms with Crippen molar-refractivity contribution in [3.05, 3.63) is 11.1 Å². The Kier molecular flexibility index (Phi) is 16.0. The largest absolute Gasteiger partial charge is 0.462 e. The second kappa shape index (κ2) is 16.8. The van der Waals surface area contributed by atoms with Crippen molar-refractivity contribution in [3.63, 3.8) is 0 Å². The van der Waals surface area contributed by atoms with Crippen LogP contribution >= 0.6 is 0 Å². The van der Waals surface area contributed by atoms with Crippen LogP contribution < -0.4 is 0 Å². The van der Waals surface area contributed by atoms with E-state index < -0.39 is 0 Å². The molecule has 0 rings (SSSR count). The number of rotatable bonds is 16. The lowest BCUT2D eigenvalue weighted by Gasteiger charge is -2.17. The zero-order chi connectivity index (χ0) is 20.5. The highest BCUT2D eigenvalue weighted by Gasteiger charge is 2.25. The first-order chi connectivity index (χ1) is 13.0. The van der Waals surface area contributed by atoms with Gasteiger partial charge in [-0.1, -0.05) is 79.6 Å². The molecule has 0 aromatic carbocycles. The van der Waals surface area contributed by atoms with E-state index in [-0.39, 0.29) is 17.9 Å². The Bertz CT molecular complexity index is 438. The lowest BCUT2D eigenvalue weighted by Crippen LogP contribution is -2.21. The van der Waals surface area contributed by atoms with Gasteiger partial charge in [0.05, 0.1) is 18.8 Å². The zero-order valence-electron chi connectivity index (χ0n) is 18.4. The fraction of sp³-hybridized carbons (Fsp3) is 0.826. The molecule has 4 nitrogen and oxygen atoms in total. The van der Waals surface area contributed by atoms with Crippen LogP contribution in [0.2, 0.25) is 0 Å². The molecule has 4 heteroatoms. The first-order valence-corrected chi connectivity index (χ1v) is 11.1. The Hall–Kier alpha value is -1.32. The van der Waals surface area contributed by atoms with Crippen LogP contribution in [0.5, 0.6) is 0 Å². The molecule has 0 radical (unpaired) electrons. The van der Waals surface area contributed by atoms with Gasteiger partial charge in [0, 0.05) is 5.57 Å². The molecule has 0 aromatic rings. The summed E-state index contributed by atoms with van der Waals surface area (Å²) in [5.41, 5.74) is 1.03. The summed E-state index contributed by atoms with van der Waals surface area (Å²) in [4.78, 5) is 25.3. The van der Waals surface area contributed by atoms with Gasteiger partial charge in [-0.15, -0.1) is 0 Å². The van der Waals surface area contributed by atoms with Gasteiger partial charge in [0.15, 0.2) is 0 Å². The van der Waals surface area contributed by atoms with Gasteiger partial charge in [-0.25, -0.2) is 9.59 Å². The Morgan fingerprint density at radius 3 is 1.67 bits per heavy atom. The van der Waals surface area contributed by atoms with Gasteiger partial charge in [-0.05, 0) is 31.6 Å². The maximum absolute atomic E-state index is 12.7. The van der Waals surface area contributed by atoms with Crippen LogP contribution in [-0.4, -0.2) is 25.2 Å². The molecule has 0 N–H and O–H groups in total. The first kappa shape index (κ1) is 25.7. The maximum Gasteiger partial charge on any atom is 0.334 e. The number of esters is 2. The number of hydrogen-bond acceptors (Lipinski definition) is 4. The minimum absolute atomic E-state index is 0.0621. The molecule has 0 amide bonds. The van der Waals surface area contributed by atoms with E-state index in [0.29, 0.717) is 30.8 Å². The molecule has 0 saturated carbocycles. The smallest absolute Gasteiger partial charge is 0.334 e. The fourth-order valence-corrected chi connectivity index (χ4v) is 2.92. The summed E-state index contributed by atoms with van der Waals surface area (Å²) in [6, 6.07) is 0. The summed E-state index contributed by atoms with van der Waals surface area (Å²) in [5.74, 6) is -0.757. The van der Waals surface area contributed by atoms with E-state index in [2.05, 4.69) is 20.8 Å². The molecule has 0 unspecified atom stereocenters. The monoisotopic (exact) mass is 382 g/mol.